The van der Waals surface area contributed by atoms with Crippen molar-refractivity contribution in [2.75, 3.05) is 5.32 Å². The number of unbranched alkanes of at least 4 members (excludes halogenated alkanes) is 4. The van der Waals surface area contributed by atoms with Gasteiger partial charge in [0.05, 0.1) is 12.0 Å². The highest BCUT2D eigenvalue weighted by Gasteiger charge is 2.26. The van der Waals surface area contributed by atoms with Crippen LogP contribution in [0.4, 0.5) is 5.69 Å². The van der Waals surface area contributed by atoms with Crippen LogP contribution in [0.1, 0.15) is 105 Å². The fourth-order valence-electron chi connectivity index (χ4n) is 4.17. The van der Waals surface area contributed by atoms with E-state index >= 15 is 0 Å². The molecule has 3 N–H and O–H groups in total. The average Bonchev–Trinajstić information content (AvgIpc) is 2.85. The number of hydrogen-bond acceptors (Lipinski definition) is 5. The van der Waals surface area contributed by atoms with Crippen molar-refractivity contribution in [3.05, 3.63) is 29.8 Å². The van der Waals surface area contributed by atoms with Gasteiger partial charge < -0.3 is 20.7 Å². The predicted octanol–water partition coefficient (Wildman–Crippen LogP) is 5.97. The van der Waals surface area contributed by atoms with Gasteiger partial charge in [0, 0.05) is 11.7 Å². The van der Waals surface area contributed by atoms with Crippen molar-refractivity contribution in [2.45, 2.75) is 125 Å². The van der Waals surface area contributed by atoms with Gasteiger partial charge in [-0.05, 0) is 43.4 Å². The van der Waals surface area contributed by atoms with E-state index in [0.29, 0.717) is 5.69 Å². The average molecular weight is 518 g/mol. The van der Waals surface area contributed by atoms with E-state index < -0.39 is 6.04 Å². The molecule has 0 heterocycles. The summed E-state index contributed by atoms with van der Waals surface area (Å²) in [6.45, 7) is 14.2. The van der Waals surface area contributed by atoms with E-state index in [2.05, 4.69) is 29.8 Å². The molecule has 1 aromatic rings. The topological polar surface area (TPSA) is 96.5 Å². The van der Waals surface area contributed by atoms with Crippen LogP contribution in [-0.2, 0) is 25.7 Å². The summed E-state index contributed by atoms with van der Waals surface area (Å²) in [6, 6.07) is 6.37. The number of hydrogen-bond donors (Lipinski definition) is 3. The zero-order valence-electron chi connectivity index (χ0n) is 24.2. The summed E-state index contributed by atoms with van der Waals surface area (Å²) in [5.74, 6) is -0.518. The number of anilines is 1. The van der Waals surface area contributed by atoms with Crippen LogP contribution in [-0.4, -0.2) is 35.9 Å². The number of nitrogens with one attached hydrogen (secondary N) is 3. The lowest BCUT2D eigenvalue weighted by Crippen LogP contribution is -2.53. The molecule has 0 saturated heterocycles. The highest BCUT2D eigenvalue weighted by Crippen LogP contribution is 2.20. The number of rotatable bonds is 18. The van der Waals surface area contributed by atoms with Crippen LogP contribution >= 0.6 is 0 Å². The number of carbonyl (C=O) groups is 3. The zero-order valence-corrected chi connectivity index (χ0v) is 24.2. The maximum Gasteiger partial charge on any atom is 0.309 e. The van der Waals surface area contributed by atoms with Crippen LogP contribution in [0.5, 0.6) is 0 Å². The molecule has 0 radical (unpaired) electrons. The third-order valence-corrected chi connectivity index (χ3v) is 6.46. The van der Waals surface area contributed by atoms with Crippen molar-refractivity contribution in [2.24, 2.45) is 11.8 Å². The normalized spacial score (nSPS) is 13.0. The van der Waals surface area contributed by atoms with Gasteiger partial charge in [0.15, 0.2) is 0 Å². The van der Waals surface area contributed by atoms with Crippen molar-refractivity contribution >= 4 is 23.5 Å². The SMILES string of the molecule is CCCCCC(CCCCC)C(=O)OCc1ccc(NC(=O)[C@H](C)NC(=O)C(NC(C)C)C(C)C)cc1. The van der Waals surface area contributed by atoms with Crippen molar-refractivity contribution in [3.63, 3.8) is 0 Å². The Balaban J connectivity index is 2.60. The lowest BCUT2D eigenvalue weighted by molar-refractivity contribution is -0.150. The second-order valence-electron chi connectivity index (χ2n) is 10.8. The van der Waals surface area contributed by atoms with Gasteiger partial charge in [0.1, 0.15) is 12.6 Å². The minimum absolute atomic E-state index is 0.0283. The molecule has 0 aliphatic rings. The molecule has 0 spiro atoms. The molecule has 0 bridgehead atoms. The van der Waals surface area contributed by atoms with Crippen LogP contribution in [0.15, 0.2) is 24.3 Å². The fraction of sp³-hybridized carbons (Fsp3) is 0.700. The Bertz CT molecular complexity index is 798. The van der Waals surface area contributed by atoms with Crippen LogP contribution < -0.4 is 16.0 Å². The van der Waals surface area contributed by atoms with Gasteiger partial charge in [-0.2, -0.15) is 0 Å². The van der Waals surface area contributed by atoms with Gasteiger partial charge in [-0.3, -0.25) is 14.4 Å². The second kappa shape index (κ2) is 17.9. The largest absolute Gasteiger partial charge is 0.461 e. The molecular formula is C30H51N3O4. The number of amides is 2. The third-order valence-electron chi connectivity index (χ3n) is 6.46. The standard InChI is InChI=1S/C30H51N3O4/c1-8-10-12-14-25(15-13-11-9-2)30(36)37-20-24-16-18-26(19-17-24)33-28(34)23(7)32-29(35)27(21(3)4)31-22(5)6/h16-19,21-23,25,27,31H,8-15,20H2,1-7H3,(H,32,35)(H,33,34)/t23-,27?/m0/s1. The Morgan fingerprint density at radius 3 is 1.86 bits per heavy atom. The molecule has 1 unspecified atom stereocenters. The van der Waals surface area contributed by atoms with Gasteiger partial charge in [-0.25, -0.2) is 0 Å². The van der Waals surface area contributed by atoms with E-state index in [-0.39, 0.29) is 48.3 Å². The number of esters is 1. The molecule has 7 nitrogen and oxygen atoms in total. The molecule has 0 fully saturated rings. The Hall–Kier alpha value is -2.41. The summed E-state index contributed by atoms with van der Waals surface area (Å²) < 4.78 is 5.64. The first-order chi connectivity index (χ1) is 17.6. The molecule has 2 amide bonds. The lowest BCUT2D eigenvalue weighted by atomic mass is 9.95. The van der Waals surface area contributed by atoms with E-state index in [1.807, 2.05) is 39.8 Å². The number of benzene rings is 1. The summed E-state index contributed by atoms with van der Waals surface area (Å²) in [7, 11) is 0. The lowest BCUT2D eigenvalue weighted by Gasteiger charge is -2.25. The molecular weight excluding hydrogens is 466 g/mol. The Labute approximate surface area is 224 Å². The molecule has 1 rings (SSSR count). The van der Waals surface area contributed by atoms with E-state index in [0.717, 1.165) is 56.9 Å². The number of ether oxygens (including phenoxy) is 1. The summed E-state index contributed by atoms with van der Waals surface area (Å²) in [5, 5.41) is 8.90. The predicted molar refractivity (Wildman–Crippen MR) is 151 cm³/mol. The van der Waals surface area contributed by atoms with E-state index in [4.69, 9.17) is 4.74 Å². The van der Waals surface area contributed by atoms with E-state index in [1.54, 1.807) is 19.1 Å². The number of carbonyl (C=O) groups excluding carboxylic acids is 3. The molecule has 2 atom stereocenters. The van der Waals surface area contributed by atoms with Crippen molar-refractivity contribution in [3.8, 4) is 0 Å². The summed E-state index contributed by atoms with van der Waals surface area (Å²) in [5.41, 5.74) is 1.49. The van der Waals surface area contributed by atoms with Crippen LogP contribution in [0, 0.1) is 11.8 Å². The first-order valence-corrected chi connectivity index (χ1v) is 14.2. The van der Waals surface area contributed by atoms with Gasteiger partial charge in [-0.1, -0.05) is 92.2 Å². The highest BCUT2D eigenvalue weighted by atomic mass is 16.5. The van der Waals surface area contributed by atoms with E-state index in [1.165, 1.54) is 0 Å². The van der Waals surface area contributed by atoms with Gasteiger partial charge >= 0.3 is 5.97 Å². The maximum absolute atomic E-state index is 12.7. The van der Waals surface area contributed by atoms with Gasteiger partial charge in [-0.15, -0.1) is 0 Å². The monoisotopic (exact) mass is 517 g/mol. The summed E-state index contributed by atoms with van der Waals surface area (Å²) in [6.07, 6.45) is 8.45. The van der Waals surface area contributed by atoms with Crippen LogP contribution in [0.2, 0.25) is 0 Å². The van der Waals surface area contributed by atoms with Crippen molar-refractivity contribution in [1.82, 2.24) is 10.6 Å². The fourth-order valence-corrected chi connectivity index (χ4v) is 4.17. The van der Waals surface area contributed by atoms with E-state index in [9.17, 15) is 14.4 Å². The molecule has 210 valence electrons. The van der Waals surface area contributed by atoms with Gasteiger partial charge in [0.25, 0.3) is 0 Å². The molecule has 7 heteroatoms. The second-order valence-corrected chi connectivity index (χ2v) is 10.8. The Morgan fingerprint density at radius 1 is 0.811 bits per heavy atom. The minimum Gasteiger partial charge on any atom is -0.461 e. The van der Waals surface area contributed by atoms with Crippen molar-refractivity contribution < 1.29 is 19.1 Å². The quantitative estimate of drug-likeness (QED) is 0.165. The maximum atomic E-state index is 12.7. The molecule has 0 aromatic heterocycles. The summed E-state index contributed by atoms with van der Waals surface area (Å²) >= 11 is 0. The third kappa shape index (κ3) is 13.1. The van der Waals surface area contributed by atoms with Crippen LogP contribution in [0.25, 0.3) is 0 Å². The van der Waals surface area contributed by atoms with Crippen LogP contribution in [0.3, 0.4) is 0 Å². The smallest absolute Gasteiger partial charge is 0.309 e. The molecule has 0 saturated carbocycles. The van der Waals surface area contributed by atoms with Crippen molar-refractivity contribution in [1.29, 1.82) is 0 Å². The first kappa shape index (κ1) is 32.6. The summed E-state index contributed by atoms with van der Waals surface area (Å²) in [4.78, 5) is 38.0. The molecule has 0 aliphatic carbocycles. The Morgan fingerprint density at radius 2 is 1.38 bits per heavy atom. The zero-order chi connectivity index (χ0) is 27.8. The molecule has 37 heavy (non-hydrogen) atoms. The first-order valence-electron chi connectivity index (χ1n) is 14.2. The highest BCUT2D eigenvalue weighted by molar-refractivity contribution is 5.97. The van der Waals surface area contributed by atoms with Gasteiger partial charge in [0.2, 0.25) is 11.8 Å². The Kier molecular flexibility index (Phi) is 15.8. The molecule has 0 aliphatic heterocycles. The minimum atomic E-state index is -0.680. The molecule has 1 aromatic carbocycles.